The first-order chi connectivity index (χ1) is 15.0. The summed E-state index contributed by atoms with van der Waals surface area (Å²) in [5, 5.41) is 14.5. The highest BCUT2D eigenvalue weighted by Crippen LogP contribution is 2.65. The Morgan fingerprint density at radius 3 is 2.34 bits per heavy atom. The van der Waals surface area contributed by atoms with E-state index in [1.165, 1.54) is 18.2 Å². The third-order valence-corrected chi connectivity index (χ3v) is 7.52. The smallest absolute Gasteiger partial charge is 0.254 e. The first kappa shape index (κ1) is 23.2. The fourth-order valence-corrected chi connectivity index (χ4v) is 4.75. The number of hydrogen-bond acceptors (Lipinski definition) is 3. The Hall–Kier alpha value is -1.92. The summed E-state index contributed by atoms with van der Waals surface area (Å²) in [5.41, 5.74) is -0.407. The van der Waals surface area contributed by atoms with Crippen molar-refractivity contribution in [3.05, 3.63) is 62.6 Å². The summed E-state index contributed by atoms with van der Waals surface area (Å²) in [6.45, 7) is 0. The predicted octanol–water partition coefficient (Wildman–Crippen LogP) is 5.69. The minimum Gasteiger partial charge on any atom is -0.334 e. The number of carbonyl (C=O) groups excluding carboxylic acids is 2. The molecule has 2 N–H and O–H groups in total. The van der Waals surface area contributed by atoms with Gasteiger partial charge in [0.2, 0.25) is 5.91 Å². The van der Waals surface area contributed by atoms with Crippen LogP contribution in [0.3, 0.4) is 0 Å². The Bertz CT molecular complexity index is 1170. The van der Waals surface area contributed by atoms with Gasteiger partial charge in [-0.15, -0.1) is 23.2 Å². The summed E-state index contributed by atoms with van der Waals surface area (Å²) in [4.78, 5) is 25.3. The highest BCUT2D eigenvalue weighted by molar-refractivity contribution is 9.10. The molecule has 4 rings (SSSR count). The second-order valence-electron chi connectivity index (χ2n) is 7.76. The summed E-state index contributed by atoms with van der Waals surface area (Å²) in [6.07, 6.45) is 1.11. The number of hydrogen-bond donors (Lipinski definition) is 2. The number of rotatable bonds is 5. The number of anilines is 1. The maximum atomic E-state index is 13.9. The van der Waals surface area contributed by atoms with Crippen LogP contribution in [0.5, 0.6) is 0 Å². The van der Waals surface area contributed by atoms with Crippen LogP contribution in [-0.4, -0.2) is 21.7 Å². The van der Waals surface area contributed by atoms with Crippen LogP contribution in [0.25, 0.3) is 0 Å². The normalized spacial score (nSPS) is 21.9. The van der Waals surface area contributed by atoms with E-state index in [-0.39, 0.29) is 26.3 Å². The predicted molar refractivity (Wildman–Crippen MR) is 120 cm³/mol. The van der Waals surface area contributed by atoms with Gasteiger partial charge in [0.25, 0.3) is 5.91 Å². The molecule has 166 valence electrons. The molecule has 0 spiro atoms. The molecule has 2 aliphatic carbocycles. The number of nitriles is 1. The summed E-state index contributed by atoms with van der Waals surface area (Å²) in [6, 6.07) is 8.46. The number of nitrogens with zero attached hydrogens (tertiary/aromatic N) is 1. The van der Waals surface area contributed by atoms with Gasteiger partial charge in [0.15, 0.2) is 0 Å². The molecule has 2 fully saturated rings. The summed E-state index contributed by atoms with van der Waals surface area (Å²) >= 11 is 21.4. The van der Waals surface area contributed by atoms with Gasteiger partial charge in [-0.3, -0.25) is 9.59 Å². The van der Waals surface area contributed by atoms with E-state index in [1.807, 2.05) is 0 Å². The SMILES string of the molecule is N#CC1(NC(=O)c2cc(NC(=O)C3C(c4cc(F)c(Br)c(F)c4)C3(Cl)Cl)ccc2Cl)CC1. The van der Waals surface area contributed by atoms with Gasteiger partial charge in [-0.1, -0.05) is 11.6 Å². The Labute approximate surface area is 205 Å². The molecule has 2 unspecified atom stereocenters. The summed E-state index contributed by atoms with van der Waals surface area (Å²) in [5.74, 6) is -4.62. The van der Waals surface area contributed by atoms with Crippen molar-refractivity contribution < 1.29 is 18.4 Å². The van der Waals surface area contributed by atoms with Crippen molar-refractivity contribution >= 4 is 68.2 Å². The molecule has 0 saturated heterocycles. The molecule has 2 aromatic carbocycles. The fraction of sp³-hybridized carbons (Fsp3) is 0.286. The monoisotopic (exact) mass is 561 g/mol. The molecule has 5 nitrogen and oxygen atoms in total. The van der Waals surface area contributed by atoms with Crippen LogP contribution in [0.2, 0.25) is 5.02 Å². The molecule has 11 heteroatoms. The molecule has 2 amide bonds. The van der Waals surface area contributed by atoms with Crippen molar-refractivity contribution in [2.24, 2.45) is 5.92 Å². The zero-order chi connectivity index (χ0) is 23.4. The van der Waals surface area contributed by atoms with E-state index in [2.05, 4.69) is 32.6 Å². The lowest BCUT2D eigenvalue weighted by Crippen LogP contribution is -2.35. The van der Waals surface area contributed by atoms with Crippen LogP contribution in [0.1, 0.15) is 34.7 Å². The van der Waals surface area contributed by atoms with Gasteiger partial charge in [-0.2, -0.15) is 5.26 Å². The number of nitrogens with one attached hydrogen (secondary N) is 2. The molecular formula is C21H13BrCl3F2N3O2. The lowest BCUT2D eigenvalue weighted by atomic mass is 10.1. The van der Waals surface area contributed by atoms with E-state index in [9.17, 15) is 18.4 Å². The third kappa shape index (κ3) is 4.19. The quantitative estimate of drug-likeness (QED) is 0.362. The van der Waals surface area contributed by atoms with Gasteiger partial charge in [0, 0.05) is 11.6 Å². The maximum Gasteiger partial charge on any atom is 0.254 e. The number of alkyl halides is 2. The van der Waals surface area contributed by atoms with Gasteiger partial charge in [-0.25, -0.2) is 8.78 Å². The largest absolute Gasteiger partial charge is 0.334 e. The van der Waals surface area contributed by atoms with Crippen molar-refractivity contribution in [1.29, 1.82) is 5.26 Å². The van der Waals surface area contributed by atoms with Crippen LogP contribution < -0.4 is 10.6 Å². The van der Waals surface area contributed by atoms with E-state index in [4.69, 9.17) is 40.1 Å². The first-order valence-corrected chi connectivity index (χ1v) is 11.3. The van der Waals surface area contributed by atoms with Crippen molar-refractivity contribution in [2.45, 2.75) is 28.6 Å². The average Bonchev–Trinajstić information content (AvgIpc) is 3.62. The maximum absolute atomic E-state index is 13.9. The molecule has 0 heterocycles. The first-order valence-electron chi connectivity index (χ1n) is 9.35. The minimum absolute atomic E-state index is 0.0819. The third-order valence-electron chi connectivity index (χ3n) is 5.50. The van der Waals surface area contributed by atoms with Crippen molar-refractivity contribution in [3.63, 3.8) is 0 Å². The van der Waals surface area contributed by atoms with E-state index < -0.39 is 45.2 Å². The number of carbonyl (C=O) groups is 2. The molecule has 2 atom stereocenters. The standard InChI is InChI=1S/C21H13BrCl3F2N3O2/c22-17-13(26)5-9(6-14(17)27)15-16(21(15,24)25)19(32)29-10-1-2-12(23)11(7-10)18(31)30-20(8-28)3-4-20/h1-2,5-7,15-16H,3-4H2,(H,29,32)(H,30,31). The molecule has 0 radical (unpaired) electrons. The van der Waals surface area contributed by atoms with Crippen LogP contribution in [0, 0.1) is 28.9 Å². The molecule has 0 aliphatic heterocycles. The molecule has 0 aromatic heterocycles. The Morgan fingerprint density at radius 2 is 1.78 bits per heavy atom. The van der Waals surface area contributed by atoms with Gasteiger partial charge < -0.3 is 10.6 Å². The van der Waals surface area contributed by atoms with Crippen molar-refractivity contribution in [3.8, 4) is 6.07 Å². The number of benzene rings is 2. The molecular weight excluding hydrogens is 551 g/mol. The zero-order valence-electron chi connectivity index (χ0n) is 16.0. The van der Waals surface area contributed by atoms with Crippen LogP contribution in [0.4, 0.5) is 14.5 Å². The van der Waals surface area contributed by atoms with E-state index in [0.29, 0.717) is 12.8 Å². The van der Waals surface area contributed by atoms with E-state index >= 15 is 0 Å². The Morgan fingerprint density at radius 1 is 1.16 bits per heavy atom. The fourth-order valence-electron chi connectivity index (χ4n) is 3.49. The van der Waals surface area contributed by atoms with E-state index in [0.717, 1.165) is 12.1 Å². The van der Waals surface area contributed by atoms with Crippen LogP contribution in [0.15, 0.2) is 34.8 Å². The van der Waals surface area contributed by atoms with Crippen LogP contribution in [-0.2, 0) is 4.79 Å². The molecule has 2 saturated carbocycles. The average molecular weight is 564 g/mol. The summed E-state index contributed by atoms with van der Waals surface area (Å²) < 4.78 is 25.9. The van der Waals surface area contributed by atoms with Gasteiger partial charge in [0.05, 0.1) is 27.0 Å². The zero-order valence-corrected chi connectivity index (χ0v) is 19.8. The number of halogens is 6. The summed E-state index contributed by atoms with van der Waals surface area (Å²) in [7, 11) is 0. The second-order valence-corrected chi connectivity index (χ2v) is 10.4. The highest BCUT2D eigenvalue weighted by atomic mass is 79.9. The van der Waals surface area contributed by atoms with Gasteiger partial charge in [-0.05, 0) is 64.7 Å². The lowest BCUT2D eigenvalue weighted by molar-refractivity contribution is -0.117. The van der Waals surface area contributed by atoms with E-state index in [1.54, 1.807) is 0 Å². The molecule has 2 aromatic rings. The molecule has 32 heavy (non-hydrogen) atoms. The second kappa shape index (κ2) is 8.14. The number of amides is 2. The molecule has 2 aliphatic rings. The van der Waals surface area contributed by atoms with Crippen LogP contribution >= 0.6 is 50.7 Å². The lowest BCUT2D eigenvalue weighted by Gasteiger charge is -2.12. The highest BCUT2D eigenvalue weighted by Gasteiger charge is 2.67. The van der Waals surface area contributed by atoms with Crippen molar-refractivity contribution in [1.82, 2.24) is 5.32 Å². The topological polar surface area (TPSA) is 82.0 Å². The minimum atomic E-state index is -1.56. The van der Waals surface area contributed by atoms with Crippen molar-refractivity contribution in [2.75, 3.05) is 5.32 Å². The van der Waals surface area contributed by atoms with Gasteiger partial charge in [0.1, 0.15) is 21.5 Å². The van der Waals surface area contributed by atoms with Gasteiger partial charge >= 0.3 is 0 Å². The Kier molecular flexibility index (Phi) is 5.91. The Balaban J connectivity index is 1.52. The molecule has 0 bridgehead atoms.